The van der Waals surface area contributed by atoms with Gasteiger partial charge in [0.2, 0.25) is 0 Å². The largest absolute Gasteiger partial charge is 0.465 e. The van der Waals surface area contributed by atoms with E-state index in [1.165, 1.54) is 6.07 Å². The molecule has 2 atom stereocenters. The summed E-state index contributed by atoms with van der Waals surface area (Å²) in [6, 6.07) is 2.49. The number of nitrogens with zero attached hydrogens (tertiary/aromatic N) is 1. The third-order valence-electron chi connectivity index (χ3n) is 3.75. The van der Waals surface area contributed by atoms with Crippen molar-refractivity contribution in [2.75, 3.05) is 26.2 Å². The maximum atomic E-state index is 13.9. The van der Waals surface area contributed by atoms with Gasteiger partial charge in [-0.3, -0.25) is 9.69 Å². The summed E-state index contributed by atoms with van der Waals surface area (Å²) in [5.74, 6) is -1.29. The van der Waals surface area contributed by atoms with E-state index < -0.39 is 23.7 Å². The smallest absolute Gasteiger partial charge is 0.324 e. The molecule has 21 heavy (non-hydrogen) atoms. The van der Waals surface area contributed by atoms with Crippen LogP contribution >= 0.6 is 0 Å². The summed E-state index contributed by atoms with van der Waals surface area (Å²) in [5.41, 5.74) is 0.256. The van der Waals surface area contributed by atoms with Gasteiger partial charge in [-0.1, -0.05) is 0 Å². The van der Waals surface area contributed by atoms with E-state index in [-0.39, 0.29) is 11.5 Å². The van der Waals surface area contributed by atoms with Crippen LogP contribution in [0.1, 0.15) is 25.5 Å². The van der Waals surface area contributed by atoms with E-state index in [1.54, 1.807) is 13.8 Å². The van der Waals surface area contributed by atoms with Gasteiger partial charge in [-0.05, 0) is 32.0 Å². The van der Waals surface area contributed by atoms with Crippen molar-refractivity contribution in [3.05, 3.63) is 35.4 Å². The Morgan fingerprint density at radius 3 is 3.00 bits per heavy atom. The first-order chi connectivity index (χ1) is 10.0. The van der Waals surface area contributed by atoms with Crippen molar-refractivity contribution in [2.24, 2.45) is 0 Å². The molecule has 1 aliphatic rings. The quantitative estimate of drug-likeness (QED) is 0.862. The summed E-state index contributed by atoms with van der Waals surface area (Å²) in [6.45, 7) is 5.52. The van der Waals surface area contributed by atoms with Gasteiger partial charge in [-0.15, -0.1) is 0 Å². The van der Waals surface area contributed by atoms with Crippen molar-refractivity contribution < 1.29 is 18.3 Å². The van der Waals surface area contributed by atoms with Crippen LogP contribution in [0.4, 0.5) is 8.78 Å². The fraction of sp³-hybridized carbons (Fsp3) is 0.533. The van der Waals surface area contributed by atoms with E-state index in [0.717, 1.165) is 12.1 Å². The van der Waals surface area contributed by atoms with E-state index >= 15 is 0 Å². The molecule has 1 heterocycles. The van der Waals surface area contributed by atoms with Crippen LogP contribution in [0, 0.1) is 11.6 Å². The first-order valence-electron chi connectivity index (χ1n) is 7.12. The molecule has 0 aromatic heterocycles. The maximum Gasteiger partial charge on any atom is 0.324 e. The molecule has 0 bridgehead atoms. The molecule has 4 nitrogen and oxygen atoms in total. The standard InChI is InChI=1S/C15H20F2N2O2/c1-3-21-15(20)14-9-18-6-7-19(14)10(2)12-8-11(16)4-5-13(12)17/h4-5,8,10,14,18H,3,6-7,9H2,1-2H3. The molecule has 0 radical (unpaired) electrons. The van der Waals surface area contributed by atoms with Gasteiger partial charge in [-0.2, -0.15) is 0 Å². The number of nitrogens with one attached hydrogen (secondary N) is 1. The number of hydrogen-bond donors (Lipinski definition) is 1. The predicted molar refractivity (Wildman–Crippen MR) is 74.8 cm³/mol. The van der Waals surface area contributed by atoms with Gasteiger partial charge >= 0.3 is 5.97 Å². The fourth-order valence-corrected chi connectivity index (χ4v) is 2.65. The molecule has 1 aliphatic heterocycles. The molecule has 1 saturated heterocycles. The third kappa shape index (κ3) is 3.57. The Morgan fingerprint density at radius 1 is 1.52 bits per heavy atom. The minimum Gasteiger partial charge on any atom is -0.465 e. The van der Waals surface area contributed by atoms with Crippen LogP contribution in [0.25, 0.3) is 0 Å². The Labute approximate surface area is 123 Å². The van der Waals surface area contributed by atoms with Crippen molar-refractivity contribution in [1.29, 1.82) is 0 Å². The SMILES string of the molecule is CCOC(=O)C1CNCCN1C(C)c1cc(F)ccc1F. The van der Waals surface area contributed by atoms with Gasteiger partial charge in [0.05, 0.1) is 6.61 Å². The third-order valence-corrected chi connectivity index (χ3v) is 3.75. The van der Waals surface area contributed by atoms with Gasteiger partial charge in [0.15, 0.2) is 0 Å². The highest BCUT2D eigenvalue weighted by Gasteiger charge is 2.34. The summed E-state index contributed by atoms with van der Waals surface area (Å²) in [7, 11) is 0. The second kappa shape index (κ2) is 6.95. The van der Waals surface area contributed by atoms with Crippen molar-refractivity contribution in [3.8, 4) is 0 Å². The van der Waals surface area contributed by atoms with Crippen LogP contribution in [-0.2, 0) is 9.53 Å². The zero-order valence-electron chi connectivity index (χ0n) is 12.2. The van der Waals surface area contributed by atoms with Gasteiger partial charge < -0.3 is 10.1 Å². The molecule has 2 rings (SSSR count). The van der Waals surface area contributed by atoms with E-state index in [0.29, 0.717) is 26.2 Å². The molecule has 2 unspecified atom stereocenters. The summed E-state index contributed by atoms with van der Waals surface area (Å²) in [6.07, 6.45) is 0. The lowest BCUT2D eigenvalue weighted by molar-refractivity contribution is -0.151. The highest BCUT2D eigenvalue weighted by Crippen LogP contribution is 2.26. The first-order valence-corrected chi connectivity index (χ1v) is 7.12. The molecule has 1 N–H and O–H groups in total. The van der Waals surface area contributed by atoms with E-state index in [9.17, 15) is 13.6 Å². The predicted octanol–water partition coefficient (Wildman–Crippen LogP) is 1.86. The highest BCUT2D eigenvalue weighted by atomic mass is 19.1. The van der Waals surface area contributed by atoms with Crippen molar-refractivity contribution in [2.45, 2.75) is 25.9 Å². The van der Waals surface area contributed by atoms with Gasteiger partial charge in [0.25, 0.3) is 0 Å². The number of benzene rings is 1. The fourth-order valence-electron chi connectivity index (χ4n) is 2.65. The number of esters is 1. The second-order valence-electron chi connectivity index (χ2n) is 5.05. The van der Waals surface area contributed by atoms with Crippen molar-refractivity contribution in [3.63, 3.8) is 0 Å². The minimum absolute atomic E-state index is 0.256. The molecular weight excluding hydrogens is 278 g/mol. The Morgan fingerprint density at radius 2 is 2.29 bits per heavy atom. The summed E-state index contributed by atoms with van der Waals surface area (Å²) in [4.78, 5) is 13.9. The van der Waals surface area contributed by atoms with E-state index in [1.807, 2.05) is 4.90 Å². The van der Waals surface area contributed by atoms with Crippen molar-refractivity contribution in [1.82, 2.24) is 10.2 Å². The number of carbonyl (C=O) groups is 1. The molecule has 0 spiro atoms. The number of halogens is 2. The molecule has 116 valence electrons. The van der Waals surface area contributed by atoms with Crippen LogP contribution in [0.2, 0.25) is 0 Å². The number of rotatable bonds is 4. The topological polar surface area (TPSA) is 41.6 Å². The summed E-state index contributed by atoms with van der Waals surface area (Å²) in [5, 5.41) is 3.13. The van der Waals surface area contributed by atoms with Crippen molar-refractivity contribution >= 4 is 5.97 Å². The Kier molecular flexibility index (Phi) is 5.25. The number of carbonyl (C=O) groups excluding carboxylic acids is 1. The van der Waals surface area contributed by atoms with Crippen LogP contribution in [0.3, 0.4) is 0 Å². The van der Waals surface area contributed by atoms with E-state index in [2.05, 4.69) is 5.32 Å². The number of hydrogen-bond acceptors (Lipinski definition) is 4. The highest BCUT2D eigenvalue weighted by molar-refractivity contribution is 5.76. The lowest BCUT2D eigenvalue weighted by Gasteiger charge is -2.38. The second-order valence-corrected chi connectivity index (χ2v) is 5.05. The molecule has 0 amide bonds. The Balaban J connectivity index is 2.23. The zero-order valence-corrected chi connectivity index (χ0v) is 12.2. The van der Waals surface area contributed by atoms with Crippen LogP contribution < -0.4 is 5.32 Å². The Hall–Kier alpha value is -1.53. The van der Waals surface area contributed by atoms with Crippen LogP contribution in [0.5, 0.6) is 0 Å². The maximum absolute atomic E-state index is 13.9. The van der Waals surface area contributed by atoms with E-state index in [4.69, 9.17) is 4.74 Å². The summed E-state index contributed by atoms with van der Waals surface area (Å²) < 4.78 is 32.4. The van der Waals surface area contributed by atoms with Gasteiger partial charge in [0, 0.05) is 31.2 Å². The Bertz CT molecular complexity index is 510. The first kappa shape index (κ1) is 15.9. The molecule has 0 aliphatic carbocycles. The zero-order chi connectivity index (χ0) is 15.4. The average Bonchev–Trinajstić information content (AvgIpc) is 2.49. The van der Waals surface area contributed by atoms with Crippen LogP contribution in [0.15, 0.2) is 18.2 Å². The number of ether oxygens (including phenoxy) is 1. The molecule has 1 aromatic rings. The van der Waals surface area contributed by atoms with Crippen LogP contribution in [-0.4, -0.2) is 43.2 Å². The lowest BCUT2D eigenvalue weighted by atomic mass is 10.0. The average molecular weight is 298 g/mol. The lowest BCUT2D eigenvalue weighted by Crippen LogP contribution is -2.56. The van der Waals surface area contributed by atoms with Gasteiger partial charge in [0.1, 0.15) is 17.7 Å². The summed E-state index contributed by atoms with van der Waals surface area (Å²) >= 11 is 0. The molecule has 1 fully saturated rings. The molecule has 0 saturated carbocycles. The normalized spacial score (nSPS) is 21.0. The molecule has 6 heteroatoms. The number of piperazine rings is 1. The van der Waals surface area contributed by atoms with Gasteiger partial charge in [-0.25, -0.2) is 8.78 Å². The molecule has 1 aromatic carbocycles. The molecular formula is C15H20F2N2O2. The monoisotopic (exact) mass is 298 g/mol. The minimum atomic E-state index is -0.489.